The van der Waals surface area contributed by atoms with Crippen molar-refractivity contribution >= 4 is 0 Å². The molecule has 4 heteroatoms. The predicted octanol–water partition coefficient (Wildman–Crippen LogP) is 1.22. The molecule has 2 atom stereocenters. The van der Waals surface area contributed by atoms with Crippen molar-refractivity contribution in [2.24, 2.45) is 5.73 Å². The van der Waals surface area contributed by atoms with Crippen LogP contribution in [0.2, 0.25) is 0 Å². The van der Waals surface area contributed by atoms with Crippen LogP contribution >= 0.6 is 0 Å². The van der Waals surface area contributed by atoms with Crippen LogP contribution in [0.15, 0.2) is 24.3 Å². The number of hydrogen-bond donors (Lipinski definition) is 2. The first-order chi connectivity index (χ1) is 7.13. The third kappa shape index (κ3) is 3.95. The van der Waals surface area contributed by atoms with Gasteiger partial charge in [-0.25, -0.2) is 4.39 Å². The lowest BCUT2D eigenvalue weighted by molar-refractivity contribution is 0.122. The zero-order chi connectivity index (χ0) is 11.3. The van der Waals surface area contributed by atoms with E-state index in [1.807, 2.05) is 0 Å². The van der Waals surface area contributed by atoms with Gasteiger partial charge in [-0.15, -0.1) is 0 Å². The highest BCUT2D eigenvalue weighted by Crippen LogP contribution is 2.17. The first kappa shape index (κ1) is 12.1. The fourth-order valence-electron chi connectivity index (χ4n) is 1.39. The highest BCUT2D eigenvalue weighted by atomic mass is 19.1. The van der Waals surface area contributed by atoms with Gasteiger partial charge < -0.3 is 15.6 Å². The summed E-state index contributed by atoms with van der Waals surface area (Å²) in [4.78, 5) is 0. The summed E-state index contributed by atoms with van der Waals surface area (Å²) in [5, 5.41) is 9.75. The minimum absolute atomic E-state index is 0.213. The molecule has 0 spiro atoms. The maximum absolute atomic E-state index is 12.6. The third-order valence-electron chi connectivity index (χ3n) is 2.16. The van der Waals surface area contributed by atoms with Crippen LogP contribution in [0.25, 0.3) is 0 Å². The van der Waals surface area contributed by atoms with Gasteiger partial charge in [0, 0.05) is 13.2 Å². The number of aliphatic hydroxyl groups excluding tert-OH is 1. The Bertz CT molecular complexity index is 289. The number of ether oxygens (including phenoxy) is 1. The van der Waals surface area contributed by atoms with Crippen molar-refractivity contribution < 1.29 is 14.2 Å². The van der Waals surface area contributed by atoms with Gasteiger partial charge in [-0.2, -0.15) is 0 Å². The van der Waals surface area contributed by atoms with Crippen molar-refractivity contribution in [3.8, 4) is 0 Å². The molecule has 0 saturated carbocycles. The lowest BCUT2D eigenvalue weighted by Gasteiger charge is -2.15. The molecule has 0 heterocycles. The van der Waals surface area contributed by atoms with Crippen LogP contribution in [0.3, 0.4) is 0 Å². The zero-order valence-corrected chi connectivity index (χ0v) is 8.69. The summed E-state index contributed by atoms with van der Waals surface area (Å²) in [6.07, 6.45) is -0.268. The van der Waals surface area contributed by atoms with Gasteiger partial charge in [0.05, 0.1) is 12.7 Å². The normalized spacial score (nSPS) is 14.9. The van der Waals surface area contributed by atoms with Crippen molar-refractivity contribution in [1.82, 2.24) is 0 Å². The summed E-state index contributed by atoms with van der Waals surface area (Å²) < 4.78 is 17.5. The largest absolute Gasteiger partial charge is 0.388 e. The summed E-state index contributed by atoms with van der Waals surface area (Å²) in [5.41, 5.74) is 6.36. The average molecular weight is 213 g/mol. The van der Waals surface area contributed by atoms with Crippen LogP contribution in [0.1, 0.15) is 18.1 Å². The van der Waals surface area contributed by atoms with E-state index in [0.29, 0.717) is 18.6 Å². The molecule has 2 unspecified atom stereocenters. The van der Waals surface area contributed by atoms with Crippen molar-refractivity contribution in [3.05, 3.63) is 35.6 Å². The number of rotatable bonds is 5. The summed E-state index contributed by atoms with van der Waals surface area (Å²) in [7, 11) is 1.56. The van der Waals surface area contributed by atoms with Gasteiger partial charge in [-0.05, 0) is 24.1 Å². The minimum atomic E-state index is -0.671. The molecule has 1 aromatic carbocycles. The quantitative estimate of drug-likeness (QED) is 0.773. The van der Waals surface area contributed by atoms with Crippen LogP contribution in [0, 0.1) is 5.82 Å². The van der Waals surface area contributed by atoms with E-state index in [1.165, 1.54) is 12.1 Å². The van der Waals surface area contributed by atoms with E-state index in [9.17, 15) is 9.50 Å². The monoisotopic (exact) mass is 213 g/mol. The Morgan fingerprint density at radius 1 is 1.40 bits per heavy atom. The molecule has 0 bridgehead atoms. The number of aliphatic hydroxyl groups is 1. The average Bonchev–Trinajstić information content (AvgIpc) is 2.18. The molecule has 0 radical (unpaired) electrons. The van der Waals surface area contributed by atoms with E-state index < -0.39 is 6.10 Å². The summed E-state index contributed by atoms with van der Waals surface area (Å²) in [6, 6.07) is 5.54. The Morgan fingerprint density at radius 3 is 2.53 bits per heavy atom. The molecule has 15 heavy (non-hydrogen) atoms. The van der Waals surface area contributed by atoms with E-state index >= 15 is 0 Å². The lowest BCUT2D eigenvalue weighted by atomic mass is 10.0. The molecule has 0 aliphatic rings. The summed E-state index contributed by atoms with van der Waals surface area (Å²) in [6.45, 7) is 0.401. The minimum Gasteiger partial charge on any atom is -0.388 e. The first-order valence-electron chi connectivity index (χ1n) is 4.81. The number of halogens is 1. The van der Waals surface area contributed by atoms with Crippen LogP contribution in [0.5, 0.6) is 0 Å². The van der Waals surface area contributed by atoms with Crippen molar-refractivity contribution in [3.63, 3.8) is 0 Å². The third-order valence-corrected chi connectivity index (χ3v) is 2.16. The standard InChI is InChI=1S/C11H16FNO2/c1-15-7-10(13)6-11(14)8-2-4-9(12)5-3-8/h2-5,10-11,14H,6-7,13H2,1H3. The highest BCUT2D eigenvalue weighted by Gasteiger charge is 2.12. The second-order valence-electron chi connectivity index (χ2n) is 3.52. The number of nitrogens with two attached hydrogens (primary N) is 1. The van der Waals surface area contributed by atoms with Crippen LogP contribution < -0.4 is 5.73 Å². The van der Waals surface area contributed by atoms with Crippen molar-refractivity contribution in [2.45, 2.75) is 18.6 Å². The van der Waals surface area contributed by atoms with Crippen LogP contribution in [-0.4, -0.2) is 24.9 Å². The van der Waals surface area contributed by atoms with Crippen LogP contribution in [-0.2, 0) is 4.74 Å². The number of methoxy groups -OCH3 is 1. The van der Waals surface area contributed by atoms with Gasteiger partial charge in [0.15, 0.2) is 0 Å². The van der Waals surface area contributed by atoms with Gasteiger partial charge in [0.25, 0.3) is 0 Å². The van der Waals surface area contributed by atoms with Gasteiger partial charge in [0.1, 0.15) is 5.82 Å². The highest BCUT2D eigenvalue weighted by molar-refractivity contribution is 5.18. The summed E-state index contributed by atoms with van der Waals surface area (Å²) >= 11 is 0. The molecule has 1 aromatic rings. The van der Waals surface area contributed by atoms with Gasteiger partial charge in [-0.1, -0.05) is 12.1 Å². The first-order valence-corrected chi connectivity index (χ1v) is 4.81. The number of hydrogen-bond acceptors (Lipinski definition) is 3. The Kier molecular flexibility index (Phi) is 4.68. The Hall–Kier alpha value is -0.970. The molecule has 0 fully saturated rings. The maximum Gasteiger partial charge on any atom is 0.123 e. The van der Waals surface area contributed by atoms with Gasteiger partial charge in [-0.3, -0.25) is 0 Å². The number of benzene rings is 1. The van der Waals surface area contributed by atoms with Crippen molar-refractivity contribution in [1.29, 1.82) is 0 Å². The molecular weight excluding hydrogens is 197 g/mol. The van der Waals surface area contributed by atoms with Crippen LogP contribution in [0.4, 0.5) is 4.39 Å². The Labute approximate surface area is 88.7 Å². The topological polar surface area (TPSA) is 55.5 Å². The van der Waals surface area contributed by atoms with Gasteiger partial charge in [0.2, 0.25) is 0 Å². The summed E-state index contributed by atoms with van der Waals surface area (Å²) in [5.74, 6) is -0.313. The zero-order valence-electron chi connectivity index (χ0n) is 8.69. The molecule has 0 aliphatic heterocycles. The SMILES string of the molecule is COCC(N)CC(O)c1ccc(F)cc1. The second-order valence-corrected chi connectivity index (χ2v) is 3.52. The fraction of sp³-hybridized carbons (Fsp3) is 0.455. The molecule has 3 N–H and O–H groups in total. The Morgan fingerprint density at radius 2 is 2.00 bits per heavy atom. The van der Waals surface area contributed by atoms with Gasteiger partial charge >= 0.3 is 0 Å². The smallest absolute Gasteiger partial charge is 0.123 e. The molecule has 1 rings (SSSR count). The van der Waals surface area contributed by atoms with E-state index in [-0.39, 0.29) is 11.9 Å². The lowest BCUT2D eigenvalue weighted by Crippen LogP contribution is -2.27. The predicted molar refractivity (Wildman–Crippen MR) is 55.8 cm³/mol. The van der Waals surface area contributed by atoms with E-state index in [2.05, 4.69) is 0 Å². The fourth-order valence-corrected chi connectivity index (χ4v) is 1.39. The molecule has 84 valence electrons. The molecule has 3 nitrogen and oxygen atoms in total. The second kappa shape index (κ2) is 5.80. The molecule has 0 aromatic heterocycles. The molecular formula is C11H16FNO2. The molecule has 0 aliphatic carbocycles. The maximum atomic E-state index is 12.6. The Balaban J connectivity index is 2.53. The van der Waals surface area contributed by atoms with Crippen molar-refractivity contribution in [2.75, 3.05) is 13.7 Å². The molecule has 0 amide bonds. The van der Waals surface area contributed by atoms with E-state index in [0.717, 1.165) is 0 Å². The molecule has 0 saturated heterocycles. The van der Waals surface area contributed by atoms with E-state index in [1.54, 1.807) is 19.2 Å². The van der Waals surface area contributed by atoms with E-state index in [4.69, 9.17) is 10.5 Å².